The van der Waals surface area contributed by atoms with E-state index in [2.05, 4.69) is 11.0 Å². The van der Waals surface area contributed by atoms with E-state index in [1.807, 2.05) is 67.3 Å². The van der Waals surface area contributed by atoms with Crippen LogP contribution in [-0.4, -0.2) is 44.0 Å². The number of thioether (sulfide) groups is 1. The van der Waals surface area contributed by atoms with E-state index in [9.17, 15) is 4.79 Å². The molecule has 0 saturated carbocycles. The molecular formula is C22H22N4OS. The van der Waals surface area contributed by atoms with E-state index in [4.69, 9.17) is 9.97 Å². The van der Waals surface area contributed by atoms with Crippen LogP contribution < -0.4 is 0 Å². The molecule has 4 aromatic rings. The maximum Gasteiger partial charge on any atom is 0.233 e. The zero-order chi connectivity index (χ0) is 19.7. The molecule has 0 radical (unpaired) electrons. The molecule has 0 aliphatic heterocycles. The Morgan fingerprint density at radius 2 is 1.82 bits per heavy atom. The zero-order valence-electron chi connectivity index (χ0n) is 16.1. The highest BCUT2D eigenvalue weighted by Crippen LogP contribution is 2.29. The predicted octanol–water partition coefficient (Wildman–Crippen LogP) is 4.55. The van der Waals surface area contributed by atoms with Crippen molar-refractivity contribution in [1.82, 2.24) is 19.3 Å². The number of imidazole rings is 1. The van der Waals surface area contributed by atoms with Crippen LogP contribution in [0.5, 0.6) is 0 Å². The van der Waals surface area contributed by atoms with Crippen LogP contribution in [0.2, 0.25) is 0 Å². The first kappa shape index (κ1) is 18.5. The molecule has 0 aliphatic rings. The van der Waals surface area contributed by atoms with Crippen LogP contribution in [0.15, 0.2) is 65.8 Å². The van der Waals surface area contributed by atoms with Gasteiger partial charge in [0.05, 0.1) is 22.3 Å². The lowest BCUT2D eigenvalue weighted by molar-refractivity contribution is -0.127. The average molecular weight is 391 g/mol. The Balaban J connectivity index is 1.77. The van der Waals surface area contributed by atoms with E-state index in [-0.39, 0.29) is 5.91 Å². The van der Waals surface area contributed by atoms with Gasteiger partial charge in [0.25, 0.3) is 0 Å². The topological polar surface area (TPSA) is 50.5 Å². The number of carbonyl (C=O) groups is 1. The Morgan fingerprint density at radius 1 is 1.11 bits per heavy atom. The number of amides is 1. The van der Waals surface area contributed by atoms with Crippen molar-refractivity contribution in [2.75, 3.05) is 18.8 Å². The number of carbonyl (C=O) groups excluding carboxylic acids is 1. The van der Waals surface area contributed by atoms with Crippen LogP contribution in [0.25, 0.3) is 27.6 Å². The molecule has 4 rings (SSSR count). The molecule has 2 aromatic heterocycles. The van der Waals surface area contributed by atoms with Gasteiger partial charge in [-0.2, -0.15) is 0 Å². The highest BCUT2D eigenvalue weighted by Gasteiger charge is 2.17. The van der Waals surface area contributed by atoms with E-state index in [0.29, 0.717) is 18.8 Å². The number of hydrogen-bond donors (Lipinski definition) is 0. The molecule has 0 saturated heterocycles. The Labute approximate surface area is 168 Å². The summed E-state index contributed by atoms with van der Waals surface area (Å²) >= 11 is 1.45. The largest absolute Gasteiger partial charge is 0.338 e. The summed E-state index contributed by atoms with van der Waals surface area (Å²) in [5, 5.41) is 1.79. The lowest BCUT2D eigenvalue weighted by atomic mass is 10.2. The fourth-order valence-electron chi connectivity index (χ4n) is 3.33. The molecule has 2 aromatic carbocycles. The second-order valence-electron chi connectivity index (χ2n) is 6.82. The van der Waals surface area contributed by atoms with Crippen molar-refractivity contribution < 1.29 is 4.79 Å². The van der Waals surface area contributed by atoms with Crippen LogP contribution >= 0.6 is 11.8 Å². The summed E-state index contributed by atoms with van der Waals surface area (Å²) in [5.74, 6) is 0.414. The average Bonchev–Trinajstić information content (AvgIpc) is 3.10. The molecule has 5 nitrogen and oxygen atoms in total. The predicted molar refractivity (Wildman–Crippen MR) is 116 cm³/mol. The van der Waals surface area contributed by atoms with Gasteiger partial charge < -0.3 is 4.90 Å². The fraction of sp³-hybridized carbons (Fsp3) is 0.227. The Morgan fingerprint density at radius 3 is 2.57 bits per heavy atom. The third kappa shape index (κ3) is 3.36. The second kappa shape index (κ2) is 7.64. The molecule has 28 heavy (non-hydrogen) atoms. The van der Waals surface area contributed by atoms with Crippen LogP contribution in [0, 0.1) is 0 Å². The molecule has 0 bridgehead atoms. The highest BCUT2D eigenvalue weighted by atomic mass is 32.2. The third-order valence-corrected chi connectivity index (χ3v) is 5.56. The maximum atomic E-state index is 12.7. The minimum atomic E-state index is 0.0861. The van der Waals surface area contributed by atoms with E-state index < -0.39 is 0 Å². The van der Waals surface area contributed by atoms with Gasteiger partial charge in [-0.1, -0.05) is 48.2 Å². The van der Waals surface area contributed by atoms with Crippen molar-refractivity contribution >= 4 is 45.3 Å². The number of nitrogens with zero attached hydrogens (tertiary/aromatic N) is 4. The molecule has 1 amide bonds. The number of aromatic nitrogens is 3. The van der Waals surface area contributed by atoms with Gasteiger partial charge in [-0.05, 0) is 38.1 Å². The Kier molecular flexibility index (Phi) is 5.05. The van der Waals surface area contributed by atoms with Gasteiger partial charge in [-0.25, -0.2) is 9.97 Å². The first-order valence-corrected chi connectivity index (χ1v) is 10.3. The molecular weight excluding hydrogens is 368 g/mol. The summed E-state index contributed by atoms with van der Waals surface area (Å²) in [6.45, 7) is 9.10. The number of para-hydroxylation sites is 3. The van der Waals surface area contributed by atoms with Gasteiger partial charge in [0, 0.05) is 18.5 Å². The highest BCUT2D eigenvalue weighted by molar-refractivity contribution is 7.99. The van der Waals surface area contributed by atoms with Crippen molar-refractivity contribution in [2.45, 2.75) is 19.0 Å². The molecule has 0 aliphatic carbocycles. The van der Waals surface area contributed by atoms with Crippen LogP contribution in [0.1, 0.15) is 13.8 Å². The van der Waals surface area contributed by atoms with Gasteiger partial charge in [-0.15, -0.1) is 0 Å². The van der Waals surface area contributed by atoms with Crippen molar-refractivity contribution in [1.29, 1.82) is 0 Å². The summed E-state index contributed by atoms with van der Waals surface area (Å²) in [6, 6.07) is 16.0. The van der Waals surface area contributed by atoms with E-state index in [1.165, 1.54) is 11.8 Å². The Hall–Kier alpha value is -2.86. The van der Waals surface area contributed by atoms with Gasteiger partial charge >= 0.3 is 0 Å². The monoisotopic (exact) mass is 390 g/mol. The molecule has 0 unspecified atom stereocenters. The number of benzene rings is 2. The maximum absolute atomic E-state index is 12.7. The van der Waals surface area contributed by atoms with E-state index >= 15 is 0 Å². The first-order chi connectivity index (χ1) is 13.6. The van der Waals surface area contributed by atoms with E-state index in [1.54, 1.807) is 0 Å². The molecule has 142 valence electrons. The minimum Gasteiger partial charge on any atom is -0.338 e. The van der Waals surface area contributed by atoms with Crippen LogP contribution in [-0.2, 0) is 4.79 Å². The first-order valence-electron chi connectivity index (χ1n) is 9.29. The second-order valence-corrected chi connectivity index (χ2v) is 7.77. The molecule has 0 atom stereocenters. The van der Waals surface area contributed by atoms with Crippen molar-refractivity contribution in [3.63, 3.8) is 0 Å². The summed E-state index contributed by atoms with van der Waals surface area (Å²) in [4.78, 5) is 24.2. The van der Waals surface area contributed by atoms with Gasteiger partial charge in [0.2, 0.25) is 5.91 Å². The van der Waals surface area contributed by atoms with Crippen molar-refractivity contribution in [2.24, 2.45) is 0 Å². The zero-order valence-corrected chi connectivity index (χ0v) is 16.9. The lowest BCUT2D eigenvalue weighted by Crippen LogP contribution is -2.33. The van der Waals surface area contributed by atoms with Crippen molar-refractivity contribution in [3.8, 4) is 0 Å². The van der Waals surface area contributed by atoms with Crippen LogP contribution in [0.3, 0.4) is 0 Å². The molecule has 0 N–H and O–H groups in total. The molecule has 2 heterocycles. The SMILES string of the molecule is C=C(C)CN(CC)C(=O)CSc1nc2ccccc2c2nc3ccccc3n12. The Bertz CT molecular complexity index is 1200. The van der Waals surface area contributed by atoms with Gasteiger partial charge in [0.1, 0.15) is 5.65 Å². The number of likely N-dealkylation sites (N-methyl/N-ethyl adjacent to an activating group) is 1. The number of hydrogen-bond acceptors (Lipinski definition) is 4. The quantitative estimate of drug-likeness (QED) is 0.275. The smallest absolute Gasteiger partial charge is 0.233 e. The normalized spacial score (nSPS) is 11.4. The molecule has 0 spiro atoms. The van der Waals surface area contributed by atoms with Crippen molar-refractivity contribution in [3.05, 3.63) is 60.7 Å². The summed E-state index contributed by atoms with van der Waals surface area (Å²) in [7, 11) is 0. The third-order valence-electron chi connectivity index (χ3n) is 4.63. The summed E-state index contributed by atoms with van der Waals surface area (Å²) in [5.41, 5.74) is 4.66. The standard InChI is InChI=1S/C22H22N4OS/c1-4-25(13-15(2)3)20(27)14-28-22-24-17-10-6-5-9-16(17)21-23-18-11-7-8-12-19(18)26(21)22/h5-12H,2,4,13-14H2,1,3H3. The molecule has 6 heteroatoms. The summed E-state index contributed by atoms with van der Waals surface area (Å²) < 4.78 is 2.06. The number of rotatable bonds is 6. The lowest BCUT2D eigenvalue weighted by Gasteiger charge is -2.20. The van der Waals surface area contributed by atoms with E-state index in [0.717, 1.165) is 38.3 Å². The summed E-state index contributed by atoms with van der Waals surface area (Å²) in [6.07, 6.45) is 0. The molecule has 0 fully saturated rings. The van der Waals surface area contributed by atoms with Crippen LogP contribution in [0.4, 0.5) is 0 Å². The van der Waals surface area contributed by atoms with Gasteiger partial charge in [-0.3, -0.25) is 9.20 Å². The number of fused-ring (bicyclic) bond motifs is 5. The van der Waals surface area contributed by atoms with Gasteiger partial charge in [0.15, 0.2) is 5.16 Å². The minimum absolute atomic E-state index is 0.0861. The fourth-order valence-corrected chi connectivity index (χ4v) is 4.24.